The first-order valence-corrected chi connectivity index (χ1v) is 8.34. The zero-order chi connectivity index (χ0) is 17.9. The molecule has 26 heavy (non-hydrogen) atoms. The van der Waals surface area contributed by atoms with Crippen LogP contribution < -0.4 is 14.8 Å². The number of benzene rings is 2. The molecule has 3 aromatic rings. The third kappa shape index (κ3) is 3.23. The van der Waals surface area contributed by atoms with Gasteiger partial charge in [-0.2, -0.15) is 5.10 Å². The van der Waals surface area contributed by atoms with Gasteiger partial charge in [-0.05, 0) is 36.8 Å². The molecule has 7 nitrogen and oxygen atoms in total. The predicted molar refractivity (Wildman–Crippen MR) is 94.3 cm³/mol. The molecular weight excluding hydrogens is 332 g/mol. The lowest BCUT2D eigenvalue weighted by atomic mass is 10.1. The highest BCUT2D eigenvalue weighted by Gasteiger charge is 2.28. The molecule has 2 atom stereocenters. The maximum atomic E-state index is 12.5. The Labute approximate surface area is 150 Å². The monoisotopic (exact) mass is 350 g/mol. The van der Waals surface area contributed by atoms with Crippen LogP contribution in [0, 0.1) is 0 Å². The lowest BCUT2D eigenvalue weighted by Crippen LogP contribution is -2.44. The van der Waals surface area contributed by atoms with Gasteiger partial charge in [-0.15, -0.1) is 0 Å². The van der Waals surface area contributed by atoms with E-state index in [1.54, 1.807) is 17.1 Å². The number of hydrogen-bond donors (Lipinski definition) is 1. The second-order valence-electron chi connectivity index (χ2n) is 6.03. The SMILES string of the molecule is CC(NC(=O)C1COc2ccccc2O1)c1ccc(-n2cncn2)cc1. The Hall–Kier alpha value is -3.35. The predicted octanol–water partition coefficient (Wildman–Crippen LogP) is 2.28. The summed E-state index contributed by atoms with van der Waals surface area (Å²) in [4.78, 5) is 16.4. The summed E-state index contributed by atoms with van der Waals surface area (Å²) in [5, 5.41) is 7.07. The van der Waals surface area contributed by atoms with E-state index in [4.69, 9.17) is 9.47 Å². The molecule has 2 heterocycles. The molecule has 0 radical (unpaired) electrons. The molecule has 2 unspecified atom stereocenters. The van der Waals surface area contributed by atoms with Crippen molar-refractivity contribution in [1.29, 1.82) is 0 Å². The van der Waals surface area contributed by atoms with Crippen molar-refractivity contribution < 1.29 is 14.3 Å². The molecule has 0 saturated carbocycles. The van der Waals surface area contributed by atoms with Gasteiger partial charge in [-0.25, -0.2) is 9.67 Å². The average Bonchev–Trinajstić information content (AvgIpc) is 3.22. The first-order chi connectivity index (χ1) is 12.7. The van der Waals surface area contributed by atoms with E-state index >= 15 is 0 Å². The summed E-state index contributed by atoms with van der Waals surface area (Å²) < 4.78 is 13.0. The number of fused-ring (bicyclic) bond motifs is 1. The van der Waals surface area contributed by atoms with Gasteiger partial charge in [0.1, 0.15) is 19.3 Å². The molecule has 132 valence electrons. The largest absolute Gasteiger partial charge is 0.485 e. The van der Waals surface area contributed by atoms with Gasteiger partial charge in [-0.3, -0.25) is 4.79 Å². The van der Waals surface area contributed by atoms with Crippen LogP contribution in [0.25, 0.3) is 5.69 Å². The van der Waals surface area contributed by atoms with Crippen LogP contribution in [0.2, 0.25) is 0 Å². The molecule has 1 aliphatic heterocycles. The number of para-hydroxylation sites is 2. The van der Waals surface area contributed by atoms with Crippen LogP contribution in [0.15, 0.2) is 61.2 Å². The Morgan fingerprint density at radius 2 is 1.96 bits per heavy atom. The van der Waals surface area contributed by atoms with Gasteiger partial charge in [0.15, 0.2) is 11.5 Å². The standard InChI is InChI=1S/C19H18N4O3/c1-13(14-6-8-15(9-7-14)23-12-20-11-21-23)22-19(24)18-10-25-16-4-2-3-5-17(16)26-18/h2-9,11-13,18H,10H2,1H3,(H,22,24). The molecule has 0 fully saturated rings. The quantitative estimate of drug-likeness (QED) is 0.781. The van der Waals surface area contributed by atoms with E-state index in [1.807, 2.05) is 49.4 Å². The van der Waals surface area contributed by atoms with Crippen molar-refractivity contribution in [2.45, 2.75) is 19.1 Å². The molecule has 1 aromatic heterocycles. The van der Waals surface area contributed by atoms with E-state index in [0.717, 1.165) is 11.3 Å². The molecule has 0 aliphatic carbocycles. The van der Waals surface area contributed by atoms with Crippen molar-refractivity contribution in [2.75, 3.05) is 6.61 Å². The number of hydrogen-bond acceptors (Lipinski definition) is 5. The molecule has 1 amide bonds. The molecule has 0 spiro atoms. The summed E-state index contributed by atoms with van der Waals surface area (Å²) in [6.45, 7) is 2.13. The molecule has 4 rings (SSSR count). The van der Waals surface area contributed by atoms with Crippen LogP contribution in [-0.4, -0.2) is 33.4 Å². The van der Waals surface area contributed by atoms with Crippen molar-refractivity contribution >= 4 is 5.91 Å². The van der Waals surface area contributed by atoms with Crippen molar-refractivity contribution in [3.63, 3.8) is 0 Å². The average molecular weight is 350 g/mol. The number of aromatic nitrogens is 3. The van der Waals surface area contributed by atoms with Crippen LogP contribution in [0.3, 0.4) is 0 Å². The first kappa shape index (κ1) is 16.1. The summed E-state index contributed by atoms with van der Waals surface area (Å²) in [7, 11) is 0. The molecule has 1 aliphatic rings. The fourth-order valence-electron chi connectivity index (χ4n) is 2.80. The summed E-state index contributed by atoms with van der Waals surface area (Å²) in [6, 6.07) is 14.9. The van der Waals surface area contributed by atoms with Gasteiger partial charge >= 0.3 is 0 Å². The lowest BCUT2D eigenvalue weighted by molar-refractivity contribution is -0.131. The van der Waals surface area contributed by atoms with Crippen LogP contribution in [-0.2, 0) is 4.79 Å². The second kappa shape index (κ2) is 6.87. The van der Waals surface area contributed by atoms with Gasteiger partial charge < -0.3 is 14.8 Å². The van der Waals surface area contributed by atoms with Gasteiger partial charge in [0.05, 0.1) is 11.7 Å². The van der Waals surface area contributed by atoms with E-state index in [0.29, 0.717) is 11.5 Å². The Kier molecular flexibility index (Phi) is 4.27. The van der Waals surface area contributed by atoms with Crippen molar-refractivity contribution in [3.05, 3.63) is 66.7 Å². The van der Waals surface area contributed by atoms with Gasteiger partial charge in [-0.1, -0.05) is 24.3 Å². The van der Waals surface area contributed by atoms with E-state index < -0.39 is 6.10 Å². The van der Waals surface area contributed by atoms with Crippen molar-refractivity contribution in [2.24, 2.45) is 0 Å². The molecule has 2 aromatic carbocycles. The van der Waals surface area contributed by atoms with E-state index in [-0.39, 0.29) is 18.6 Å². The van der Waals surface area contributed by atoms with Crippen LogP contribution in [0.1, 0.15) is 18.5 Å². The Morgan fingerprint density at radius 3 is 2.69 bits per heavy atom. The molecule has 0 saturated heterocycles. The number of carbonyl (C=O) groups is 1. The summed E-state index contributed by atoms with van der Waals surface area (Å²) in [6.07, 6.45) is 2.46. The lowest BCUT2D eigenvalue weighted by Gasteiger charge is -2.26. The summed E-state index contributed by atoms with van der Waals surface area (Å²) >= 11 is 0. The fraction of sp³-hybridized carbons (Fsp3) is 0.211. The minimum Gasteiger partial charge on any atom is -0.485 e. The minimum atomic E-state index is -0.665. The molecule has 1 N–H and O–H groups in total. The van der Waals surface area contributed by atoms with E-state index in [1.165, 1.54) is 6.33 Å². The number of amides is 1. The van der Waals surface area contributed by atoms with Crippen molar-refractivity contribution in [3.8, 4) is 17.2 Å². The van der Waals surface area contributed by atoms with Gasteiger partial charge in [0.2, 0.25) is 6.10 Å². The second-order valence-corrected chi connectivity index (χ2v) is 6.03. The van der Waals surface area contributed by atoms with E-state index in [2.05, 4.69) is 15.4 Å². The smallest absolute Gasteiger partial charge is 0.265 e. The fourth-order valence-corrected chi connectivity index (χ4v) is 2.80. The third-order valence-corrected chi connectivity index (χ3v) is 4.24. The highest BCUT2D eigenvalue weighted by atomic mass is 16.6. The number of carbonyl (C=O) groups excluding carboxylic acids is 1. The minimum absolute atomic E-state index is 0.159. The Bertz CT molecular complexity index is 893. The molecule has 7 heteroatoms. The number of ether oxygens (including phenoxy) is 2. The third-order valence-electron chi connectivity index (χ3n) is 4.24. The highest BCUT2D eigenvalue weighted by Crippen LogP contribution is 2.31. The van der Waals surface area contributed by atoms with Crippen molar-refractivity contribution in [1.82, 2.24) is 20.1 Å². The maximum Gasteiger partial charge on any atom is 0.265 e. The first-order valence-electron chi connectivity index (χ1n) is 8.34. The van der Waals surface area contributed by atoms with Crippen LogP contribution in [0.5, 0.6) is 11.5 Å². The number of rotatable bonds is 4. The topological polar surface area (TPSA) is 78.3 Å². The Morgan fingerprint density at radius 1 is 1.19 bits per heavy atom. The zero-order valence-electron chi connectivity index (χ0n) is 14.2. The summed E-state index contributed by atoms with van der Waals surface area (Å²) in [5.41, 5.74) is 1.89. The molecular formula is C19H18N4O3. The van der Waals surface area contributed by atoms with Crippen LogP contribution in [0.4, 0.5) is 0 Å². The normalized spacial score (nSPS) is 16.7. The zero-order valence-corrected chi connectivity index (χ0v) is 14.2. The van der Waals surface area contributed by atoms with E-state index in [9.17, 15) is 4.79 Å². The maximum absolute atomic E-state index is 12.5. The molecule has 0 bridgehead atoms. The van der Waals surface area contributed by atoms with Gasteiger partial charge in [0.25, 0.3) is 5.91 Å². The van der Waals surface area contributed by atoms with Crippen LogP contribution >= 0.6 is 0 Å². The van der Waals surface area contributed by atoms with Gasteiger partial charge in [0, 0.05) is 0 Å². The number of nitrogens with one attached hydrogen (secondary N) is 1. The highest BCUT2D eigenvalue weighted by molar-refractivity contribution is 5.82. The number of nitrogens with zero attached hydrogens (tertiary/aromatic N) is 3. The Balaban J connectivity index is 1.40. The summed E-state index contributed by atoms with van der Waals surface area (Å²) in [5.74, 6) is 1.05.